The van der Waals surface area contributed by atoms with E-state index in [1.807, 2.05) is 0 Å². The normalized spacial score (nSPS) is 12.6. The third-order valence-electron chi connectivity index (χ3n) is 7.37. The summed E-state index contributed by atoms with van der Waals surface area (Å²) in [5, 5.41) is 0. The molecule has 3 heteroatoms. The van der Waals surface area contributed by atoms with Crippen molar-refractivity contribution in [3.05, 3.63) is 103 Å². The molecule has 0 nitrogen and oxygen atoms in total. The van der Waals surface area contributed by atoms with Crippen LogP contribution in [0.3, 0.4) is 0 Å². The fourth-order valence-electron chi connectivity index (χ4n) is 4.74. The van der Waals surface area contributed by atoms with Crippen LogP contribution in [0.1, 0.15) is 79.0 Å². The van der Waals surface area contributed by atoms with E-state index in [2.05, 4.69) is 183 Å². The maximum absolute atomic E-state index is 3.91. The third kappa shape index (κ3) is 6.80. The lowest BCUT2D eigenvalue weighted by molar-refractivity contribution is 0.589. The molecule has 0 amide bonds. The van der Waals surface area contributed by atoms with Crippen LogP contribution in [0, 0.1) is 0 Å². The van der Waals surface area contributed by atoms with Gasteiger partial charge < -0.3 is 0 Å². The van der Waals surface area contributed by atoms with Crippen molar-refractivity contribution in [2.45, 2.75) is 78.6 Å². The van der Waals surface area contributed by atoms with E-state index >= 15 is 0 Å². The first-order chi connectivity index (χ1) is 17.9. The predicted molar refractivity (Wildman–Crippen MR) is 182 cm³/mol. The molecule has 0 radical (unpaired) electrons. The van der Waals surface area contributed by atoms with Crippen molar-refractivity contribution in [2.24, 2.45) is 0 Å². The van der Waals surface area contributed by atoms with E-state index in [9.17, 15) is 0 Å². The van der Waals surface area contributed by atoms with E-state index in [4.69, 9.17) is 0 Å². The molecule has 0 bridgehead atoms. The lowest BCUT2D eigenvalue weighted by Crippen LogP contribution is -2.11. The van der Waals surface area contributed by atoms with E-state index in [1.165, 1.54) is 50.1 Å². The zero-order chi connectivity index (χ0) is 28.9. The summed E-state index contributed by atoms with van der Waals surface area (Å²) in [6.07, 6.45) is 0. The van der Waals surface area contributed by atoms with Crippen LogP contribution in [0.25, 0.3) is 33.4 Å². The first-order valence-corrected chi connectivity index (χ1v) is 15.9. The van der Waals surface area contributed by atoms with Crippen LogP contribution in [0.15, 0.2) is 86.2 Å². The lowest BCUT2D eigenvalue weighted by atomic mass is 9.84. The SMILES string of the molecule is CC(C)(C)c1ccc(-c2cc(-c3ccc(C(C)(C)C)cc3Br)cc(-c3ccc(C(C)(C)C)cc3Br)c2)c(Br)c1. The standard InChI is InChI=1S/C36H39Br3/c1-34(2,3)25-10-13-28(31(37)19-25)22-16-23(29-14-11-26(20-32(29)38)35(4,5)6)18-24(17-22)30-15-12-27(21-33(30)39)36(7,8)9/h10-21H,1-9H3. The van der Waals surface area contributed by atoms with Gasteiger partial charge in [-0.05, 0) is 103 Å². The van der Waals surface area contributed by atoms with E-state index in [0.717, 1.165) is 13.4 Å². The molecular weight excluding hydrogens is 672 g/mol. The van der Waals surface area contributed by atoms with Crippen molar-refractivity contribution in [3.63, 3.8) is 0 Å². The monoisotopic (exact) mass is 708 g/mol. The highest BCUT2D eigenvalue weighted by Gasteiger charge is 2.20. The number of hydrogen-bond acceptors (Lipinski definition) is 0. The largest absolute Gasteiger partial charge is 0.0578 e. The van der Waals surface area contributed by atoms with Gasteiger partial charge in [0.15, 0.2) is 0 Å². The van der Waals surface area contributed by atoms with Gasteiger partial charge in [-0.3, -0.25) is 0 Å². The minimum absolute atomic E-state index is 0.0907. The Balaban J connectivity index is 1.94. The molecule has 0 aliphatic heterocycles. The zero-order valence-electron chi connectivity index (χ0n) is 24.6. The molecule has 0 aromatic heterocycles. The molecule has 4 aromatic carbocycles. The Morgan fingerprint density at radius 1 is 0.359 bits per heavy atom. The van der Waals surface area contributed by atoms with E-state index in [0.29, 0.717) is 0 Å². The molecule has 0 aliphatic carbocycles. The Labute approximate surface area is 261 Å². The van der Waals surface area contributed by atoms with Crippen LogP contribution in [0.2, 0.25) is 0 Å². The summed E-state index contributed by atoms with van der Waals surface area (Å²) in [5.41, 5.74) is 11.4. The highest BCUT2D eigenvalue weighted by Crippen LogP contribution is 2.42. The van der Waals surface area contributed by atoms with Crippen molar-refractivity contribution in [1.82, 2.24) is 0 Å². The van der Waals surface area contributed by atoms with Crippen LogP contribution >= 0.6 is 47.8 Å². The van der Waals surface area contributed by atoms with Crippen molar-refractivity contribution >= 4 is 47.8 Å². The summed E-state index contributed by atoms with van der Waals surface area (Å²) in [6.45, 7) is 20.3. The van der Waals surface area contributed by atoms with Crippen molar-refractivity contribution in [1.29, 1.82) is 0 Å². The summed E-state index contributed by atoms with van der Waals surface area (Å²) in [6, 6.07) is 27.3. The highest BCUT2D eigenvalue weighted by molar-refractivity contribution is 9.11. The molecule has 0 fully saturated rings. The average molecular weight is 711 g/mol. The third-order valence-corrected chi connectivity index (χ3v) is 9.34. The highest BCUT2D eigenvalue weighted by atomic mass is 79.9. The Morgan fingerprint density at radius 2 is 0.590 bits per heavy atom. The summed E-state index contributed by atoms with van der Waals surface area (Å²) in [5.74, 6) is 0. The van der Waals surface area contributed by atoms with Gasteiger partial charge in [-0.2, -0.15) is 0 Å². The second-order valence-electron chi connectivity index (χ2n) is 13.6. The Morgan fingerprint density at radius 3 is 0.769 bits per heavy atom. The van der Waals surface area contributed by atoms with Gasteiger partial charge >= 0.3 is 0 Å². The predicted octanol–water partition coefficient (Wildman–Crippen LogP) is 12.9. The first kappa shape index (κ1) is 30.3. The van der Waals surface area contributed by atoms with E-state index in [-0.39, 0.29) is 16.2 Å². The molecule has 0 saturated heterocycles. The Bertz CT molecular complexity index is 1330. The molecule has 0 spiro atoms. The van der Waals surface area contributed by atoms with Gasteiger partial charge in [0, 0.05) is 13.4 Å². The first-order valence-electron chi connectivity index (χ1n) is 13.5. The molecule has 39 heavy (non-hydrogen) atoms. The van der Waals surface area contributed by atoms with Crippen LogP contribution < -0.4 is 0 Å². The minimum atomic E-state index is 0.0907. The summed E-state index contributed by atoms with van der Waals surface area (Å²) < 4.78 is 3.34. The van der Waals surface area contributed by atoms with Crippen molar-refractivity contribution in [2.75, 3.05) is 0 Å². The molecule has 0 atom stereocenters. The summed E-state index contributed by atoms with van der Waals surface area (Å²) >= 11 is 11.7. The fraction of sp³-hybridized carbons (Fsp3) is 0.333. The molecular formula is C36H39Br3. The smallest absolute Gasteiger partial charge is 0.0256 e. The number of rotatable bonds is 3. The van der Waals surface area contributed by atoms with Gasteiger partial charge in [-0.1, -0.05) is 147 Å². The molecule has 4 rings (SSSR count). The summed E-state index contributed by atoms with van der Waals surface area (Å²) in [7, 11) is 0. The molecule has 0 saturated carbocycles. The molecule has 0 aliphatic rings. The quantitative estimate of drug-likeness (QED) is 0.199. The van der Waals surface area contributed by atoms with Gasteiger partial charge in [0.25, 0.3) is 0 Å². The maximum Gasteiger partial charge on any atom is 0.0256 e. The minimum Gasteiger partial charge on any atom is -0.0578 e. The fourth-order valence-corrected chi connectivity index (χ4v) is 6.56. The van der Waals surface area contributed by atoms with Gasteiger partial charge in [-0.25, -0.2) is 0 Å². The van der Waals surface area contributed by atoms with Gasteiger partial charge in [0.2, 0.25) is 0 Å². The van der Waals surface area contributed by atoms with Crippen LogP contribution in [0.4, 0.5) is 0 Å². The van der Waals surface area contributed by atoms with Gasteiger partial charge in [0.1, 0.15) is 0 Å². The van der Waals surface area contributed by atoms with Crippen molar-refractivity contribution in [3.8, 4) is 33.4 Å². The maximum atomic E-state index is 3.91. The number of hydrogen-bond donors (Lipinski definition) is 0. The number of halogens is 3. The van der Waals surface area contributed by atoms with Crippen LogP contribution in [-0.4, -0.2) is 0 Å². The van der Waals surface area contributed by atoms with Gasteiger partial charge in [0.05, 0.1) is 0 Å². The zero-order valence-corrected chi connectivity index (χ0v) is 29.3. The van der Waals surface area contributed by atoms with Crippen LogP contribution in [0.5, 0.6) is 0 Å². The Kier molecular flexibility index (Phi) is 8.50. The molecule has 0 N–H and O–H groups in total. The second kappa shape index (κ2) is 11.0. The summed E-state index contributed by atoms with van der Waals surface area (Å²) in [4.78, 5) is 0. The topological polar surface area (TPSA) is 0 Å². The van der Waals surface area contributed by atoms with Crippen molar-refractivity contribution < 1.29 is 0 Å². The second-order valence-corrected chi connectivity index (χ2v) is 16.2. The Hall–Kier alpha value is -1.68. The average Bonchev–Trinajstić information content (AvgIpc) is 2.81. The lowest BCUT2D eigenvalue weighted by Gasteiger charge is -2.22. The molecule has 0 unspecified atom stereocenters. The molecule has 4 aromatic rings. The molecule has 0 heterocycles. The van der Waals surface area contributed by atoms with E-state index in [1.54, 1.807) is 0 Å². The van der Waals surface area contributed by atoms with E-state index < -0.39 is 0 Å². The van der Waals surface area contributed by atoms with Gasteiger partial charge in [-0.15, -0.1) is 0 Å². The van der Waals surface area contributed by atoms with Crippen LogP contribution in [-0.2, 0) is 16.2 Å². The number of benzene rings is 4. The molecule has 204 valence electrons.